The van der Waals surface area contributed by atoms with E-state index in [2.05, 4.69) is 36.2 Å². The number of rotatable bonds is 9. The van der Waals surface area contributed by atoms with Crippen LogP contribution in [0.4, 0.5) is 0 Å². The molecule has 2 rings (SSSR count). The van der Waals surface area contributed by atoms with E-state index in [1.165, 1.54) is 5.56 Å². The summed E-state index contributed by atoms with van der Waals surface area (Å²) in [5.74, 6) is 1.19. The third-order valence-electron chi connectivity index (χ3n) is 4.28. The Balaban J connectivity index is 0.00000288. The van der Waals surface area contributed by atoms with Crippen molar-refractivity contribution in [3.8, 4) is 5.75 Å². The maximum Gasteiger partial charge on any atom is 0.223 e. The van der Waals surface area contributed by atoms with Crippen molar-refractivity contribution in [3.63, 3.8) is 0 Å². The van der Waals surface area contributed by atoms with E-state index in [1.807, 2.05) is 12.1 Å². The summed E-state index contributed by atoms with van der Waals surface area (Å²) in [6, 6.07) is 8.52. The quantitative estimate of drug-likeness (QED) is 0.738. The molecule has 136 valence electrons. The molecule has 0 spiro atoms. The van der Waals surface area contributed by atoms with E-state index >= 15 is 0 Å². The van der Waals surface area contributed by atoms with Crippen molar-refractivity contribution in [3.05, 3.63) is 29.8 Å². The van der Waals surface area contributed by atoms with E-state index in [0.717, 1.165) is 57.7 Å². The maximum atomic E-state index is 12.6. The third kappa shape index (κ3) is 6.33. The van der Waals surface area contributed by atoms with Gasteiger partial charge in [0.05, 0.1) is 6.61 Å². The Kier molecular flexibility index (Phi) is 9.80. The van der Waals surface area contributed by atoms with E-state index in [9.17, 15) is 4.79 Å². The highest BCUT2D eigenvalue weighted by Gasteiger charge is 2.25. The smallest absolute Gasteiger partial charge is 0.223 e. The van der Waals surface area contributed by atoms with Crippen molar-refractivity contribution in [2.45, 2.75) is 52.0 Å². The first-order valence-corrected chi connectivity index (χ1v) is 8.96. The molecule has 0 saturated carbocycles. The van der Waals surface area contributed by atoms with Crippen LogP contribution in [0.2, 0.25) is 0 Å². The number of carbonyl (C=O) groups excluding carboxylic acids is 1. The average Bonchev–Trinajstić information content (AvgIpc) is 3.10. The largest absolute Gasteiger partial charge is 0.494 e. The lowest BCUT2D eigenvalue weighted by Crippen LogP contribution is -2.42. The molecular formula is C19H31ClN2O2. The van der Waals surface area contributed by atoms with E-state index in [0.29, 0.717) is 12.5 Å². The summed E-state index contributed by atoms with van der Waals surface area (Å²) in [6.07, 6.45) is 4.50. The molecule has 1 aromatic rings. The van der Waals surface area contributed by atoms with Gasteiger partial charge in [-0.15, -0.1) is 12.4 Å². The number of benzene rings is 1. The Morgan fingerprint density at radius 2 is 2.00 bits per heavy atom. The molecule has 4 nitrogen and oxygen atoms in total. The molecule has 0 aromatic heterocycles. The Labute approximate surface area is 152 Å². The van der Waals surface area contributed by atoms with E-state index in [1.54, 1.807) is 0 Å². The minimum absolute atomic E-state index is 0. The van der Waals surface area contributed by atoms with Crippen molar-refractivity contribution in [1.82, 2.24) is 10.2 Å². The number of carbonyl (C=O) groups is 1. The molecule has 1 unspecified atom stereocenters. The van der Waals surface area contributed by atoms with Crippen LogP contribution in [0.3, 0.4) is 0 Å². The summed E-state index contributed by atoms with van der Waals surface area (Å²) in [6.45, 7) is 7.82. The van der Waals surface area contributed by atoms with Crippen LogP contribution in [0.25, 0.3) is 0 Å². The highest BCUT2D eigenvalue weighted by molar-refractivity contribution is 5.85. The second-order valence-corrected chi connectivity index (χ2v) is 6.23. The van der Waals surface area contributed by atoms with Gasteiger partial charge in [0.1, 0.15) is 5.75 Å². The number of halogens is 1. The van der Waals surface area contributed by atoms with Gasteiger partial charge in [0, 0.05) is 25.6 Å². The zero-order chi connectivity index (χ0) is 16.5. The number of amides is 1. The summed E-state index contributed by atoms with van der Waals surface area (Å²) in [4.78, 5) is 14.7. The zero-order valence-electron chi connectivity index (χ0n) is 14.9. The number of aryl methyl sites for hydroxylation is 1. The lowest BCUT2D eigenvalue weighted by atomic mass is 10.1. The van der Waals surface area contributed by atoms with E-state index in [-0.39, 0.29) is 18.3 Å². The second kappa shape index (κ2) is 11.3. The van der Waals surface area contributed by atoms with Crippen LogP contribution >= 0.6 is 12.4 Å². The topological polar surface area (TPSA) is 41.6 Å². The van der Waals surface area contributed by atoms with Crippen molar-refractivity contribution >= 4 is 18.3 Å². The van der Waals surface area contributed by atoms with Gasteiger partial charge < -0.3 is 15.0 Å². The summed E-state index contributed by atoms with van der Waals surface area (Å²) < 4.78 is 5.59. The van der Waals surface area contributed by atoms with Gasteiger partial charge >= 0.3 is 0 Å². The van der Waals surface area contributed by atoms with Gasteiger partial charge in [-0.1, -0.05) is 26.0 Å². The van der Waals surface area contributed by atoms with Gasteiger partial charge in [0.15, 0.2) is 0 Å². The average molecular weight is 355 g/mol. The molecule has 0 radical (unpaired) electrons. The monoisotopic (exact) mass is 354 g/mol. The van der Waals surface area contributed by atoms with Gasteiger partial charge in [-0.05, 0) is 49.9 Å². The minimum atomic E-state index is 0. The molecule has 1 aromatic carbocycles. The van der Waals surface area contributed by atoms with Crippen molar-refractivity contribution < 1.29 is 9.53 Å². The first-order valence-electron chi connectivity index (χ1n) is 8.96. The molecule has 0 bridgehead atoms. The molecule has 0 aliphatic carbocycles. The van der Waals surface area contributed by atoms with Crippen LogP contribution in [-0.2, 0) is 11.2 Å². The number of hydrogen-bond acceptors (Lipinski definition) is 3. The molecule has 5 heteroatoms. The summed E-state index contributed by atoms with van der Waals surface area (Å²) in [7, 11) is 0. The normalized spacial score (nSPS) is 16.5. The Hall–Kier alpha value is -1.26. The van der Waals surface area contributed by atoms with Crippen LogP contribution in [0.15, 0.2) is 24.3 Å². The van der Waals surface area contributed by atoms with Gasteiger partial charge in [-0.3, -0.25) is 4.79 Å². The van der Waals surface area contributed by atoms with Gasteiger partial charge in [-0.25, -0.2) is 0 Å². The molecule has 1 heterocycles. The van der Waals surface area contributed by atoms with Gasteiger partial charge in [0.2, 0.25) is 5.91 Å². The second-order valence-electron chi connectivity index (χ2n) is 6.23. The summed E-state index contributed by atoms with van der Waals surface area (Å²) >= 11 is 0. The number of nitrogens with one attached hydrogen (secondary N) is 1. The first kappa shape index (κ1) is 20.8. The predicted molar refractivity (Wildman–Crippen MR) is 101 cm³/mol. The van der Waals surface area contributed by atoms with Crippen LogP contribution in [0, 0.1) is 0 Å². The molecule has 1 N–H and O–H groups in total. The van der Waals surface area contributed by atoms with E-state index in [4.69, 9.17) is 4.74 Å². The van der Waals surface area contributed by atoms with Crippen LogP contribution in [0.1, 0.15) is 45.1 Å². The predicted octanol–water partition coefficient (Wildman–Crippen LogP) is 3.43. The summed E-state index contributed by atoms with van der Waals surface area (Å²) in [5.41, 5.74) is 1.20. The number of nitrogens with zero attached hydrogens (tertiary/aromatic N) is 1. The fourth-order valence-corrected chi connectivity index (χ4v) is 3.02. The van der Waals surface area contributed by atoms with Crippen molar-refractivity contribution in [1.29, 1.82) is 0 Å². The molecular weight excluding hydrogens is 324 g/mol. The number of hydrogen-bond donors (Lipinski definition) is 1. The molecule has 1 aliphatic heterocycles. The first-order chi connectivity index (χ1) is 11.2. The van der Waals surface area contributed by atoms with Crippen molar-refractivity contribution in [2.24, 2.45) is 0 Å². The Morgan fingerprint density at radius 1 is 1.25 bits per heavy atom. The Morgan fingerprint density at radius 3 is 2.58 bits per heavy atom. The molecule has 1 saturated heterocycles. The molecule has 24 heavy (non-hydrogen) atoms. The van der Waals surface area contributed by atoms with Crippen LogP contribution in [-0.4, -0.2) is 43.1 Å². The highest BCUT2D eigenvalue weighted by atomic mass is 35.5. The minimum Gasteiger partial charge on any atom is -0.494 e. The van der Waals surface area contributed by atoms with Gasteiger partial charge in [0.25, 0.3) is 0 Å². The van der Waals surface area contributed by atoms with Crippen molar-refractivity contribution in [2.75, 3.05) is 26.2 Å². The zero-order valence-corrected chi connectivity index (χ0v) is 15.7. The standard InChI is InChI=1S/C19H30N2O2.ClH/c1-3-13-21(17-11-12-20-15-17)19(22)10-7-16-5-8-18(9-6-16)23-14-4-2;/h5-6,8-9,17,20H,3-4,7,10-15H2,1-2H3;1H. The lowest BCUT2D eigenvalue weighted by Gasteiger charge is -2.28. The Bertz CT molecular complexity index is 473. The summed E-state index contributed by atoms with van der Waals surface area (Å²) in [5, 5.41) is 3.36. The van der Waals surface area contributed by atoms with Crippen LogP contribution in [0.5, 0.6) is 5.75 Å². The third-order valence-corrected chi connectivity index (χ3v) is 4.28. The highest BCUT2D eigenvalue weighted by Crippen LogP contribution is 2.16. The maximum absolute atomic E-state index is 12.6. The lowest BCUT2D eigenvalue weighted by molar-refractivity contribution is -0.133. The number of ether oxygens (including phenoxy) is 1. The van der Waals surface area contributed by atoms with Gasteiger partial charge in [-0.2, -0.15) is 0 Å². The molecule has 1 amide bonds. The molecule has 1 atom stereocenters. The van der Waals surface area contributed by atoms with E-state index < -0.39 is 0 Å². The fourth-order valence-electron chi connectivity index (χ4n) is 3.02. The molecule has 1 aliphatic rings. The van der Waals surface area contributed by atoms with Crippen LogP contribution < -0.4 is 10.1 Å². The molecule has 1 fully saturated rings. The fraction of sp³-hybridized carbons (Fsp3) is 0.632. The SMILES string of the molecule is CCCOc1ccc(CCC(=O)N(CCC)C2CCNC2)cc1.Cl.